The Morgan fingerprint density at radius 1 is 0.967 bits per heavy atom. The molecule has 2 aromatic rings. The average Bonchev–Trinajstić information content (AvgIpc) is 2.78. The zero-order chi connectivity index (χ0) is 21.0. The van der Waals surface area contributed by atoms with Crippen molar-refractivity contribution in [1.29, 1.82) is 0 Å². The van der Waals surface area contributed by atoms with Crippen molar-refractivity contribution in [2.75, 3.05) is 31.5 Å². The second-order valence-electron chi connectivity index (χ2n) is 8.17. The molecule has 0 atom stereocenters. The van der Waals surface area contributed by atoms with Crippen LogP contribution in [0, 0.1) is 0 Å². The van der Waals surface area contributed by atoms with Crippen molar-refractivity contribution in [2.45, 2.75) is 49.6 Å². The van der Waals surface area contributed by atoms with Crippen molar-refractivity contribution < 1.29 is 8.42 Å². The van der Waals surface area contributed by atoms with Gasteiger partial charge in [0.1, 0.15) is 10.7 Å². The molecule has 0 saturated carbocycles. The number of hydrogen-bond acceptors (Lipinski definition) is 5. The molecule has 30 heavy (non-hydrogen) atoms. The van der Waals surface area contributed by atoms with Crippen molar-refractivity contribution in [1.82, 2.24) is 14.2 Å². The van der Waals surface area contributed by atoms with Crippen LogP contribution in [0.15, 0.2) is 47.5 Å². The van der Waals surface area contributed by atoms with Gasteiger partial charge in [-0.1, -0.05) is 30.2 Å². The van der Waals surface area contributed by atoms with E-state index in [2.05, 4.69) is 27.3 Å². The summed E-state index contributed by atoms with van der Waals surface area (Å²) in [4.78, 5) is 7.12. The van der Waals surface area contributed by atoms with Crippen molar-refractivity contribution in [2.24, 2.45) is 0 Å². The first-order valence-electron chi connectivity index (χ1n) is 10.7. The van der Waals surface area contributed by atoms with Crippen LogP contribution in [0.1, 0.15) is 37.7 Å². The van der Waals surface area contributed by atoms with E-state index in [1.807, 2.05) is 12.1 Å². The van der Waals surface area contributed by atoms with Crippen LogP contribution in [-0.4, -0.2) is 54.8 Å². The first-order chi connectivity index (χ1) is 14.5. The average molecular weight is 449 g/mol. The summed E-state index contributed by atoms with van der Waals surface area (Å²) >= 11 is 5.96. The number of anilines is 1. The van der Waals surface area contributed by atoms with Gasteiger partial charge < -0.3 is 5.32 Å². The predicted molar refractivity (Wildman–Crippen MR) is 120 cm³/mol. The van der Waals surface area contributed by atoms with Crippen LogP contribution >= 0.6 is 11.6 Å². The fraction of sp³-hybridized carbons (Fsp3) is 0.500. The first-order valence-corrected chi connectivity index (χ1v) is 12.5. The molecule has 0 bridgehead atoms. The Balaban J connectivity index is 1.28. The fourth-order valence-corrected chi connectivity index (χ4v) is 5.75. The van der Waals surface area contributed by atoms with Gasteiger partial charge in [-0.2, -0.15) is 4.31 Å². The van der Waals surface area contributed by atoms with Gasteiger partial charge in [0.15, 0.2) is 0 Å². The maximum atomic E-state index is 12.7. The number of nitrogens with one attached hydrogen (secondary N) is 1. The van der Waals surface area contributed by atoms with Crippen LogP contribution < -0.4 is 5.32 Å². The monoisotopic (exact) mass is 448 g/mol. The quantitative estimate of drug-likeness (QED) is 0.723. The van der Waals surface area contributed by atoms with E-state index in [1.165, 1.54) is 11.8 Å². The van der Waals surface area contributed by atoms with Crippen LogP contribution in [0.2, 0.25) is 5.02 Å². The van der Waals surface area contributed by atoms with Gasteiger partial charge in [0.25, 0.3) is 0 Å². The number of benzene rings is 1. The molecule has 1 N–H and O–H groups in total. The lowest BCUT2D eigenvalue weighted by Gasteiger charge is -2.32. The Hall–Kier alpha value is -1.67. The van der Waals surface area contributed by atoms with Crippen molar-refractivity contribution >= 4 is 27.4 Å². The zero-order valence-corrected chi connectivity index (χ0v) is 18.7. The van der Waals surface area contributed by atoms with Gasteiger partial charge in [-0.15, -0.1) is 0 Å². The van der Waals surface area contributed by atoms with Crippen LogP contribution in [0.3, 0.4) is 0 Å². The summed E-state index contributed by atoms with van der Waals surface area (Å²) in [6, 6.07) is 11.8. The van der Waals surface area contributed by atoms with Gasteiger partial charge in [0, 0.05) is 50.0 Å². The van der Waals surface area contributed by atoms with Crippen LogP contribution in [0.5, 0.6) is 0 Å². The normalized spacial score (nSPS) is 19.6. The second kappa shape index (κ2) is 9.64. The van der Waals surface area contributed by atoms with Crippen molar-refractivity contribution in [3.8, 4) is 0 Å². The Bertz CT molecular complexity index is 921. The third-order valence-electron chi connectivity index (χ3n) is 5.95. The standard InChI is InChI=1S/C22H29ClN4O2S/c23-19-6-4-18(5-7-19)17-26-14-10-20(11-15-26)25-22-9-8-21(16-24-22)30(28,29)27-12-2-1-3-13-27/h4-9,16,20H,1-3,10-15,17H2,(H,24,25). The van der Waals surface area contributed by atoms with Crippen molar-refractivity contribution in [3.05, 3.63) is 53.2 Å². The van der Waals surface area contributed by atoms with E-state index >= 15 is 0 Å². The number of rotatable bonds is 6. The Kier molecular flexibility index (Phi) is 6.93. The molecule has 1 aromatic heterocycles. The minimum absolute atomic E-state index is 0.285. The van der Waals surface area contributed by atoms with E-state index in [0.29, 0.717) is 19.1 Å². The maximum absolute atomic E-state index is 12.7. The SMILES string of the molecule is O=S(=O)(c1ccc(NC2CCN(Cc3ccc(Cl)cc3)CC2)nc1)N1CCCCC1. The van der Waals surface area contributed by atoms with Gasteiger partial charge in [-0.25, -0.2) is 13.4 Å². The van der Waals surface area contributed by atoms with Gasteiger partial charge in [0.2, 0.25) is 10.0 Å². The van der Waals surface area contributed by atoms with E-state index in [4.69, 9.17) is 11.6 Å². The summed E-state index contributed by atoms with van der Waals surface area (Å²) in [7, 11) is -3.42. The third kappa shape index (κ3) is 5.32. The molecule has 3 heterocycles. The van der Waals surface area contributed by atoms with E-state index in [9.17, 15) is 8.42 Å². The zero-order valence-electron chi connectivity index (χ0n) is 17.1. The Morgan fingerprint density at radius 3 is 2.30 bits per heavy atom. The molecule has 0 spiro atoms. The summed E-state index contributed by atoms with van der Waals surface area (Å²) in [5, 5.41) is 4.23. The summed E-state index contributed by atoms with van der Waals surface area (Å²) in [5.74, 6) is 0.740. The molecule has 2 fully saturated rings. The second-order valence-corrected chi connectivity index (χ2v) is 10.5. The molecule has 2 aliphatic heterocycles. The van der Waals surface area contributed by atoms with E-state index in [1.54, 1.807) is 16.4 Å². The van der Waals surface area contributed by atoms with E-state index < -0.39 is 10.0 Å². The largest absolute Gasteiger partial charge is 0.367 e. The van der Waals surface area contributed by atoms with Gasteiger partial charge in [-0.05, 0) is 55.5 Å². The van der Waals surface area contributed by atoms with E-state index in [-0.39, 0.29) is 4.90 Å². The molecule has 0 amide bonds. The highest BCUT2D eigenvalue weighted by molar-refractivity contribution is 7.89. The number of sulfonamides is 1. The summed E-state index contributed by atoms with van der Waals surface area (Å²) in [6.07, 6.45) is 6.52. The highest BCUT2D eigenvalue weighted by Crippen LogP contribution is 2.22. The van der Waals surface area contributed by atoms with Gasteiger partial charge in [0.05, 0.1) is 0 Å². The Labute approximate surface area is 184 Å². The molecular weight excluding hydrogens is 420 g/mol. The summed E-state index contributed by atoms with van der Waals surface area (Å²) in [6.45, 7) is 4.18. The fourth-order valence-electron chi connectivity index (χ4n) is 4.17. The summed E-state index contributed by atoms with van der Waals surface area (Å²) < 4.78 is 27.1. The van der Waals surface area contributed by atoms with Crippen LogP contribution in [0.25, 0.3) is 0 Å². The number of likely N-dealkylation sites (tertiary alicyclic amines) is 1. The highest BCUT2D eigenvalue weighted by atomic mass is 35.5. The molecule has 1 aromatic carbocycles. The molecule has 8 heteroatoms. The lowest BCUT2D eigenvalue weighted by Crippen LogP contribution is -2.38. The lowest BCUT2D eigenvalue weighted by atomic mass is 10.0. The van der Waals surface area contributed by atoms with Crippen molar-refractivity contribution in [3.63, 3.8) is 0 Å². The minimum atomic E-state index is -3.42. The summed E-state index contributed by atoms with van der Waals surface area (Å²) in [5.41, 5.74) is 1.28. The minimum Gasteiger partial charge on any atom is -0.367 e. The molecule has 0 aliphatic carbocycles. The molecule has 2 saturated heterocycles. The molecule has 6 nitrogen and oxygen atoms in total. The number of aromatic nitrogens is 1. The van der Waals surface area contributed by atoms with Gasteiger partial charge >= 0.3 is 0 Å². The van der Waals surface area contributed by atoms with Gasteiger partial charge in [-0.3, -0.25) is 4.90 Å². The molecule has 2 aliphatic rings. The van der Waals surface area contributed by atoms with Crippen LogP contribution in [-0.2, 0) is 16.6 Å². The lowest BCUT2D eigenvalue weighted by molar-refractivity contribution is 0.211. The number of pyridine rings is 1. The Morgan fingerprint density at radius 2 is 1.67 bits per heavy atom. The number of piperidine rings is 2. The topological polar surface area (TPSA) is 65.5 Å². The van der Waals surface area contributed by atoms with Crippen LogP contribution in [0.4, 0.5) is 5.82 Å². The maximum Gasteiger partial charge on any atom is 0.244 e. The predicted octanol–water partition coefficient (Wildman–Crippen LogP) is 3.99. The third-order valence-corrected chi connectivity index (χ3v) is 8.08. The molecule has 0 radical (unpaired) electrons. The number of halogens is 1. The molecule has 0 unspecified atom stereocenters. The molecule has 4 rings (SSSR count). The first kappa shape index (κ1) is 21.6. The highest BCUT2D eigenvalue weighted by Gasteiger charge is 2.26. The van der Waals surface area contributed by atoms with E-state index in [0.717, 1.165) is 62.6 Å². The number of nitrogens with zero attached hydrogens (tertiary/aromatic N) is 3. The molecular formula is C22H29ClN4O2S. The molecule has 162 valence electrons. The number of hydrogen-bond donors (Lipinski definition) is 1. The smallest absolute Gasteiger partial charge is 0.244 e.